The van der Waals surface area contributed by atoms with E-state index in [1.807, 2.05) is 64.4 Å². The first-order valence-electron chi connectivity index (χ1n) is 11.8. The fourth-order valence-corrected chi connectivity index (χ4v) is 4.89. The third kappa shape index (κ3) is 4.29. The molecule has 2 amide bonds. The highest BCUT2D eigenvalue weighted by Gasteiger charge is 2.36. The van der Waals surface area contributed by atoms with E-state index in [1.165, 1.54) is 11.1 Å². The van der Waals surface area contributed by atoms with Crippen molar-refractivity contribution in [3.63, 3.8) is 0 Å². The molecule has 6 nitrogen and oxygen atoms in total. The molecule has 1 atom stereocenters. The number of hydrogen-bond acceptors (Lipinski definition) is 4. The molecule has 2 aliphatic rings. The average molecular weight is 456 g/mol. The number of methoxy groups -OCH3 is 1. The van der Waals surface area contributed by atoms with E-state index in [9.17, 15) is 9.59 Å². The van der Waals surface area contributed by atoms with Crippen molar-refractivity contribution in [3.8, 4) is 0 Å². The molecule has 3 aromatic carbocycles. The average Bonchev–Trinajstić information content (AvgIpc) is 3.14. The van der Waals surface area contributed by atoms with Gasteiger partial charge < -0.3 is 19.9 Å². The number of hydrogen-bond donors (Lipinski definition) is 1. The second-order valence-electron chi connectivity index (χ2n) is 8.81. The maximum Gasteiger partial charge on any atom is 0.256 e. The molecule has 3 aromatic rings. The molecule has 0 aromatic heterocycles. The quantitative estimate of drug-likeness (QED) is 0.534. The smallest absolute Gasteiger partial charge is 0.256 e. The number of ether oxygens (including phenoxy) is 1. The Balaban J connectivity index is 1.36. The number of rotatable bonds is 7. The summed E-state index contributed by atoms with van der Waals surface area (Å²) in [6.45, 7) is 2.52. The molecule has 6 heteroatoms. The van der Waals surface area contributed by atoms with Gasteiger partial charge in [-0.3, -0.25) is 9.59 Å². The molecule has 1 N–H and O–H groups in total. The molecular weight excluding hydrogens is 426 g/mol. The van der Waals surface area contributed by atoms with Crippen LogP contribution in [0, 0.1) is 0 Å². The van der Waals surface area contributed by atoms with Crippen molar-refractivity contribution >= 4 is 17.5 Å². The maximum atomic E-state index is 13.3. The van der Waals surface area contributed by atoms with Crippen molar-refractivity contribution in [3.05, 3.63) is 101 Å². The zero-order valence-corrected chi connectivity index (χ0v) is 19.4. The molecule has 0 aliphatic carbocycles. The lowest BCUT2D eigenvalue weighted by Crippen LogP contribution is -2.36. The summed E-state index contributed by atoms with van der Waals surface area (Å²) in [6.07, 6.45) is 1.34. The van der Waals surface area contributed by atoms with Crippen molar-refractivity contribution < 1.29 is 14.3 Å². The molecule has 0 radical (unpaired) electrons. The second-order valence-corrected chi connectivity index (χ2v) is 8.81. The van der Waals surface area contributed by atoms with Crippen molar-refractivity contribution in [2.45, 2.75) is 25.6 Å². The topological polar surface area (TPSA) is 61.9 Å². The van der Waals surface area contributed by atoms with E-state index < -0.39 is 0 Å². The lowest BCUT2D eigenvalue weighted by Gasteiger charge is -2.29. The Morgan fingerprint density at radius 3 is 2.68 bits per heavy atom. The van der Waals surface area contributed by atoms with Crippen molar-refractivity contribution in [1.82, 2.24) is 9.80 Å². The van der Waals surface area contributed by atoms with Crippen molar-refractivity contribution in [1.29, 1.82) is 0 Å². The number of carbonyl (C=O) groups is 2. The standard InChI is InChI=1S/C28H29N3O3/c1-34-17-7-15-31-26(24-12-4-5-13-25(24)28(31)33)29-23-11-6-10-21(18-23)27(32)30-16-14-20-8-2-3-9-22(20)19-30/h2-6,8-13,18,26,29H,7,14-17,19H2,1H3. The fraction of sp³-hybridized carbons (Fsp3) is 0.286. The molecule has 0 bridgehead atoms. The number of carbonyl (C=O) groups excluding carboxylic acids is 2. The fourth-order valence-electron chi connectivity index (χ4n) is 4.89. The summed E-state index contributed by atoms with van der Waals surface area (Å²) in [5.41, 5.74) is 5.66. The monoisotopic (exact) mass is 455 g/mol. The minimum absolute atomic E-state index is 0.0171. The van der Waals surface area contributed by atoms with E-state index in [-0.39, 0.29) is 18.0 Å². The van der Waals surface area contributed by atoms with Gasteiger partial charge in [0.2, 0.25) is 0 Å². The van der Waals surface area contributed by atoms with Gasteiger partial charge in [-0.25, -0.2) is 0 Å². The minimum atomic E-state index is -0.284. The van der Waals surface area contributed by atoms with Crippen LogP contribution < -0.4 is 5.32 Å². The lowest BCUT2D eigenvalue weighted by atomic mass is 9.99. The largest absolute Gasteiger partial charge is 0.385 e. The normalized spacial score (nSPS) is 16.9. The molecule has 174 valence electrons. The van der Waals surface area contributed by atoms with Gasteiger partial charge in [0.05, 0.1) is 0 Å². The highest BCUT2D eigenvalue weighted by Crippen LogP contribution is 2.34. The van der Waals surface area contributed by atoms with Crippen LogP contribution >= 0.6 is 0 Å². The van der Waals surface area contributed by atoms with Crippen molar-refractivity contribution in [2.24, 2.45) is 0 Å². The molecular formula is C28H29N3O3. The van der Waals surface area contributed by atoms with Gasteiger partial charge >= 0.3 is 0 Å². The Morgan fingerprint density at radius 2 is 1.82 bits per heavy atom. The first-order chi connectivity index (χ1) is 16.7. The van der Waals surface area contributed by atoms with Crippen LogP contribution in [0.5, 0.6) is 0 Å². The first kappa shape index (κ1) is 22.2. The summed E-state index contributed by atoms with van der Waals surface area (Å²) in [7, 11) is 1.67. The van der Waals surface area contributed by atoms with E-state index in [0.717, 1.165) is 29.7 Å². The number of benzene rings is 3. The summed E-state index contributed by atoms with van der Waals surface area (Å²) in [6, 6.07) is 23.6. The Bertz CT molecular complexity index is 1210. The molecule has 0 saturated heterocycles. The van der Waals surface area contributed by atoms with Crippen LogP contribution in [-0.4, -0.2) is 48.4 Å². The summed E-state index contributed by atoms with van der Waals surface area (Å²) >= 11 is 0. The molecule has 0 spiro atoms. The second kappa shape index (κ2) is 9.69. The Kier molecular flexibility index (Phi) is 6.32. The molecule has 2 heterocycles. The Hall–Kier alpha value is -3.64. The van der Waals surface area contributed by atoms with Crippen LogP contribution in [0.15, 0.2) is 72.8 Å². The van der Waals surface area contributed by atoms with E-state index in [0.29, 0.717) is 31.8 Å². The van der Waals surface area contributed by atoms with E-state index in [1.54, 1.807) is 7.11 Å². The third-order valence-corrected chi connectivity index (χ3v) is 6.64. The molecule has 5 rings (SSSR count). The highest BCUT2D eigenvalue weighted by molar-refractivity contribution is 5.99. The van der Waals surface area contributed by atoms with Crippen LogP contribution in [-0.2, 0) is 17.7 Å². The summed E-state index contributed by atoms with van der Waals surface area (Å²) in [5.74, 6) is 0.0430. The maximum absolute atomic E-state index is 13.3. The predicted molar refractivity (Wildman–Crippen MR) is 132 cm³/mol. The van der Waals surface area contributed by atoms with Gasteiger partial charge in [-0.2, -0.15) is 0 Å². The molecule has 34 heavy (non-hydrogen) atoms. The number of nitrogens with zero attached hydrogens (tertiary/aromatic N) is 2. The van der Waals surface area contributed by atoms with Gasteiger partial charge in [0.25, 0.3) is 11.8 Å². The number of amides is 2. The summed E-state index contributed by atoms with van der Waals surface area (Å²) < 4.78 is 5.19. The van der Waals surface area contributed by atoms with Crippen LogP contribution in [0.1, 0.15) is 50.0 Å². The van der Waals surface area contributed by atoms with Crippen molar-refractivity contribution in [2.75, 3.05) is 32.1 Å². The van der Waals surface area contributed by atoms with Crippen LogP contribution in [0.4, 0.5) is 5.69 Å². The van der Waals surface area contributed by atoms with Gasteiger partial charge in [0.15, 0.2) is 0 Å². The van der Waals surface area contributed by atoms with Crippen LogP contribution in [0.2, 0.25) is 0 Å². The zero-order chi connectivity index (χ0) is 23.5. The first-order valence-corrected chi connectivity index (χ1v) is 11.8. The molecule has 2 aliphatic heterocycles. The number of fused-ring (bicyclic) bond motifs is 2. The molecule has 1 unspecified atom stereocenters. The third-order valence-electron chi connectivity index (χ3n) is 6.64. The summed E-state index contributed by atoms with van der Waals surface area (Å²) in [5, 5.41) is 3.51. The zero-order valence-electron chi connectivity index (χ0n) is 19.4. The SMILES string of the molecule is COCCCN1C(=O)c2ccccc2C1Nc1cccc(C(=O)N2CCc3ccccc3C2)c1. The van der Waals surface area contributed by atoms with Gasteiger partial charge in [-0.15, -0.1) is 0 Å². The van der Waals surface area contributed by atoms with Gasteiger partial charge in [-0.05, 0) is 48.2 Å². The number of nitrogens with one attached hydrogen (secondary N) is 1. The minimum Gasteiger partial charge on any atom is -0.385 e. The highest BCUT2D eigenvalue weighted by atomic mass is 16.5. The van der Waals surface area contributed by atoms with Gasteiger partial charge in [0, 0.05) is 55.7 Å². The van der Waals surface area contributed by atoms with Gasteiger partial charge in [0.1, 0.15) is 6.17 Å². The summed E-state index contributed by atoms with van der Waals surface area (Å²) in [4.78, 5) is 30.1. The Morgan fingerprint density at radius 1 is 1.03 bits per heavy atom. The van der Waals surface area contributed by atoms with E-state index >= 15 is 0 Å². The van der Waals surface area contributed by atoms with Gasteiger partial charge in [-0.1, -0.05) is 48.5 Å². The molecule has 0 fully saturated rings. The van der Waals surface area contributed by atoms with Crippen LogP contribution in [0.25, 0.3) is 0 Å². The van der Waals surface area contributed by atoms with E-state index in [4.69, 9.17) is 4.74 Å². The molecule has 0 saturated carbocycles. The van der Waals surface area contributed by atoms with Crippen LogP contribution in [0.3, 0.4) is 0 Å². The number of anilines is 1. The predicted octanol–water partition coefficient (Wildman–Crippen LogP) is 4.49. The Labute approximate surface area is 200 Å². The lowest BCUT2D eigenvalue weighted by molar-refractivity contribution is 0.0716. The van der Waals surface area contributed by atoms with E-state index in [2.05, 4.69) is 23.5 Å².